The van der Waals surface area contributed by atoms with Crippen LogP contribution in [0.15, 0.2) is 18.3 Å². The van der Waals surface area contributed by atoms with E-state index in [0.717, 1.165) is 12.8 Å². The molecule has 0 bridgehead atoms. The largest absolute Gasteiger partial charge is 0.478 e. The lowest BCUT2D eigenvalue weighted by atomic mass is 10.0. The van der Waals surface area contributed by atoms with Crippen LogP contribution in [0.2, 0.25) is 0 Å². The van der Waals surface area contributed by atoms with Crippen molar-refractivity contribution in [2.45, 2.75) is 26.7 Å². The second-order valence-corrected chi connectivity index (χ2v) is 4.03. The van der Waals surface area contributed by atoms with E-state index in [2.05, 4.69) is 10.3 Å². The van der Waals surface area contributed by atoms with Crippen LogP contribution in [0.1, 0.15) is 26.7 Å². The van der Waals surface area contributed by atoms with Gasteiger partial charge in [0.25, 0.3) is 0 Å². The van der Waals surface area contributed by atoms with Crippen LogP contribution in [0.4, 0.5) is 5.69 Å². The molecule has 0 spiro atoms. The van der Waals surface area contributed by atoms with Gasteiger partial charge in [-0.15, -0.1) is 0 Å². The van der Waals surface area contributed by atoms with Crippen LogP contribution < -0.4 is 15.8 Å². The molecule has 1 atom stereocenters. The van der Waals surface area contributed by atoms with Crippen molar-refractivity contribution in [2.75, 3.05) is 18.5 Å². The van der Waals surface area contributed by atoms with E-state index < -0.39 is 0 Å². The summed E-state index contributed by atoms with van der Waals surface area (Å²) in [6.07, 6.45) is 3.33. The standard InChI is InChI=1S/C13H21N3O2/c1-3-5-10(8-14)13(17)16-11-6-7-12(15-9-11)18-4-2/h6-7,9-10H,3-5,8,14H2,1-2H3,(H,16,17). The van der Waals surface area contributed by atoms with E-state index in [1.54, 1.807) is 18.3 Å². The van der Waals surface area contributed by atoms with Gasteiger partial charge in [-0.3, -0.25) is 4.79 Å². The lowest BCUT2D eigenvalue weighted by Crippen LogP contribution is -2.29. The summed E-state index contributed by atoms with van der Waals surface area (Å²) in [5.74, 6) is 0.367. The van der Waals surface area contributed by atoms with Crippen LogP contribution in [0.3, 0.4) is 0 Å². The molecule has 1 aromatic heterocycles. The number of aromatic nitrogens is 1. The molecule has 0 aliphatic carbocycles. The number of nitrogens with two attached hydrogens (primary N) is 1. The van der Waals surface area contributed by atoms with E-state index in [1.807, 2.05) is 13.8 Å². The highest BCUT2D eigenvalue weighted by atomic mass is 16.5. The summed E-state index contributed by atoms with van der Waals surface area (Å²) < 4.78 is 5.23. The predicted octanol–water partition coefficient (Wildman–Crippen LogP) is 1.79. The SMILES string of the molecule is CCCC(CN)C(=O)Nc1ccc(OCC)nc1. The van der Waals surface area contributed by atoms with E-state index in [1.165, 1.54) is 0 Å². The molecular weight excluding hydrogens is 230 g/mol. The highest BCUT2D eigenvalue weighted by Gasteiger charge is 2.15. The third-order valence-electron chi connectivity index (χ3n) is 2.59. The molecule has 0 fully saturated rings. The molecule has 5 heteroatoms. The Morgan fingerprint density at radius 3 is 2.78 bits per heavy atom. The Balaban J connectivity index is 2.58. The van der Waals surface area contributed by atoms with E-state index in [-0.39, 0.29) is 11.8 Å². The first-order valence-electron chi connectivity index (χ1n) is 6.31. The number of hydrogen-bond donors (Lipinski definition) is 2. The molecule has 1 amide bonds. The molecular formula is C13H21N3O2. The normalized spacial score (nSPS) is 11.9. The molecule has 1 rings (SSSR count). The quantitative estimate of drug-likeness (QED) is 0.774. The van der Waals surface area contributed by atoms with E-state index in [4.69, 9.17) is 10.5 Å². The molecule has 3 N–H and O–H groups in total. The van der Waals surface area contributed by atoms with Crippen molar-refractivity contribution in [1.82, 2.24) is 4.98 Å². The number of carbonyl (C=O) groups is 1. The van der Waals surface area contributed by atoms with Crippen molar-refractivity contribution >= 4 is 11.6 Å². The van der Waals surface area contributed by atoms with Crippen molar-refractivity contribution in [3.8, 4) is 5.88 Å². The van der Waals surface area contributed by atoms with Gasteiger partial charge < -0.3 is 15.8 Å². The van der Waals surface area contributed by atoms with Gasteiger partial charge in [-0.1, -0.05) is 13.3 Å². The Labute approximate surface area is 108 Å². The van der Waals surface area contributed by atoms with Crippen molar-refractivity contribution in [2.24, 2.45) is 11.7 Å². The fraction of sp³-hybridized carbons (Fsp3) is 0.538. The first-order chi connectivity index (χ1) is 8.71. The van der Waals surface area contributed by atoms with Crippen LogP contribution in [0.5, 0.6) is 5.88 Å². The Morgan fingerprint density at radius 2 is 2.28 bits per heavy atom. The highest BCUT2D eigenvalue weighted by molar-refractivity contribution is 5.92. The first-order valence-corrected chi connectivity index (χ1v) is 6.31. The highest BCUT2D eigenvalue weighted by Crippen LogP contribution is 2.14. The third kappa shape index (κ3) is 4.33. The fourth-order valence-electron chi connectivity index (χ4n) is 1.64. The third-order valence-corrected chi connectivity index (χ3v) is 2.59. The van der Waals surface area contributed by atoms with Crippen LogP contribution in [0.25, 0.3) is 0 Å². The van der Waals surface area contributed by atoms with Gasteiger partial charge in [0.2, 0.25) is 11.8 Å². The monoisotopic (exact) mass is 251 g/mol. The van der Waals surface area contributed by atoms with Gasteiger partial charge in [0, 0.05) is 12.6 Å². The molecule has 0 saturated carbocycles. The second kappa shape index (κ2) is 7.66. The second-order valence-electron chi connectivity index (χ2n) is 4.03. The summed E-state index contributed by atoms with van der Waals surface area (Å²) in [7, 11) is 0. The average Bonchev–Trinajstić information content (AvgIpc) is 2.38. The Kier molecular flexibility index (Phi) is 6.14. The fourth-order valence-corrected chi connectivity index (χ4v) is 1.64. The molecule has 1 aromatic rings. The number of amides is 1. The van der Waals surface area contributed by atoms with Gasteiger partial charge in [-0.2, -0.15) is 0 Å². The van der Waals surface area contributed by atoms with Crippen molar-refractivity contribution in [3.05, 3.63) is 18.3 Å². The summed E-state index contributed by atoms with van der Waals surface area (Å²) >= 11 is 0. The Morgan fingerprint density at radius 1 is 1.50 bits per heavy atom. The number of pyridine rings is 1. The molecule has 0 radical (unpaired) electrons. The molecule has 1 unspecified atom stereocenters. The van der Waals surface area contributed by atoms with Crippen molar-refractivity contribution in [1.29, 1.82) is 0 Å². The molecule has 0 aliphatic rings. The molecule has 100 valence electrons. The number of carbonyl (C=O) groups excluding carboxylic acids is 1. The van der Waals surface area contributed by atoms with Crippen LogP contribution in [-0.2, 0) is 4.79 Å². The zero-order chi connectivity index (χ0) is 13.4. The summed E-state index contributed by atoms with van der Waals surface area (Å²) in [5.41, 5.74) is 6.25. The molecule has 1 heterocycles. The number of ether oxygens (including phenoxy) is 1. The van der Waals surface area contributed by atoms with Gasteiger partial charge in [0.1, 0.15) is 0 Å². The molecule has 0 saturated heterocycles. The summed E-state index contributed by atoms with van der Waals surface area (Å²) in [6, 6.07) is 3.51. The van der Waals surface area contributed by atoms with Gasteiger partial charge >= 0.3 is 0 Å². The van der Waals surface area contributed by atoms with Gasteiger partial charge in [-0.05, 0) is 19.4 Å². The first kappa shape index (κ1) is 14.4. The van der Waals surface area contributed by atoms with Gasteiger partial charge in [0.15, 0.2) is 0 Å². The number of anilines is 1. The summed E-state index contributed by atoms with van der Waals surface area (Å²) in [5, 5.41) is 2.81. The minimum absolute atomic E-state index is 0.0506. The smallest absolute Gasteiger partial charge is 0.228 e. The van der Waals surface area contributed by atoms with Crippen molar-refractivity contribution in [3.63, 3.8) is 0 Å². The topological polar surface area (TPSA) is 77.2 Å². The molecule has 0 aliphatic heterocycles. The summed E-state index contributed by atoms with van der Waals surface area (Å²) in [6.45, 7) is 4.87. The Hall–Kier alpha value is -1.62. The van der Waals surface area contributed by atoms with Crippen LogP contribution in [0, 0.1) is 5.92 Å². The maximum Gasteiger partial charge on any atom is 0.228 e. The van der Waals surface area contributed by atoms with E-state index >= 15 is 0 Å². The minimum atomic E-state index is -0.137. The Bertz CT molecular complexity index is 365. The average molecular weight is 251 g/mol. The number of rotatable bonds is 7. The maximum absolute atomic E-state index is 11.9. The number of hydrogen-bond acceptors (Lipinski definition) is 4. The minimum Gasteiger partial charge on any atom is -0.478 e. The maximum atomic E-state index is 11.9. The van der Waals surface area contributed by atoms with Gasteiger partial charge in [-0.25, -0.2) is 4.98 Å². The molecule has 0 aromatic carbocycles. The zero-order valence-electron chi connectivity index (χ0n) is 11.0. The number of nitrogens with one attached hydrogen (secondary N) is 1. The van der Waals surface area contributed by atoms with E-state index in [9.17, 15) is 4.79 Å². The zero-order valence-corrected chi connectivity index (χ0v) is 11.0. The van der Waals surface area contributed by atoms with Crippen molar-refractivity contribution < 1.29 is 9.53 Å². The predicted molar refractivity (Wildman–Crippen MR) is 71.5 cm³/mol. The van der Waals surface area contributed by atoms with Gasteiger partial charge in [0.05, 0.1) is 24.4 Å². The number of nitrogens with zero attached hydrogens (tertiary/aromatic N) is 1. The van der Waals surface area contributed by atoms with Crippen LogP contribution >= 0.6 is 0 Å². The molecule has 5 nitrogen and oxygen atoms in total. The summed E-state index contributed by atoms with van der Waals surface area (Å²) in [4.78, 5) is 16.0. The lowest BCUT2D eigenvalue weighted by Gasteiger charge is -2.13. The molecule has 18 heavy (non-hydrogen) atoms. The van der Waals surface area contributed by atoms with Crippen LogP contribution in [-0.4, -0.2) is 24.0 Å². The van der Waals surface area contributed by atoms with E-state index in [0.29, 0.717) is 24.7 Å². The lowest BCUT2D eigenvalue weighted by molar-refractivity contribution is -0.119.